The standard InChI is InChI=1S/C35H33N7O4S2/c1-21-10-9-15-25(36-21)35(46)42-17-27(24-13-7-4-8-14-24)39-32(45)29-20-48-34(41-29)26(16-23-11-5-3-6-12-23)38-31(44)28-19-47-33(40-28)22(2)37-30(43)18-42/h3-15,19-20,22,26-27H,16-18H2,1-2H3,(H,37,43)(H,38,44)(H,39,45)/t22-,26+,27-/m0/s1. The van der Waals surface area contributed by atoms with E-state index in [9.17, 15) is 19.2 Å². The number of nitrogens with one attached hydrogen (secondary N) is 3. The van der Waals surface area contributed by atoms with Gasteiger partial charge in [0.25, 0.3) is 17.7 Å². The Morgan fingerprint density at radius 2 is 1.44 bits per heavy atom. The average molecular weight is 680 g/mol. The summed E-state index contributed by atoms with van der Waals surface area (Å²) in [6.07, 6.45) is 0.446. The van der Waals surface area contributed by atoms with Gasteiger partial charge < -0.3 is 20.9 Å². The number of rotatable bonds is 4. The molecule has 1 aliphatic heterocycles. The third-order valence-electron chi connectivity index (χ3n) is 7.78. The summed E-state index contributed by atoms with van der Waals surface area (Å²) in [6.45, 7) is 3.23. The van der Waals surface area contributed by atoms with Crippen LogP contribution >= 0.6 is 22.7 Å². The fraction of sp³-hybridized carbons (Fsp3) is 0.229. The summed E-state index contributed by atoms with van der Waals surface area (Å²) >= 11 is 2.53. The number of hydrogen-bond acceptors (Lipinski definition) is 9. The first kappa shape index (κ1) is 32.7. The normalized spacial score (nSPS) is 19.0. The van der Waals surface area contributed by atoms with E-state index in [0.717, 1.165) is 11.1 Å². The molecular weight excluding hydrogens is 647 g/mol. The van der Waals surface area contributed by atoms with Gasteiger partial charge in [-0.3, -0.25) is 19.2 Å². The van der Waals surface area contributed by atoms with Crippen LogP contribution in [0, 0.1) is 6.92 Å². The van der Waals surface area contributed by atoms with Gasteiger partial charge in [0.2, 0.25) is 5.91 Å². The van der Waals surface area contributed by atoms with E-state index in [1.807, 2.05) is 60.7 Å². The van der Waals surface area contributed by atoms with Crippen molar-refractivity contribution in [1.82, 2.24) is 35.8 Å². The Kier molecular flexibility index (Phi) is 9.97. The van der Waals surface area contributed by atoms with E-state index in [1.165, 1.54) is 27.6 Å². The molecule has 3 N–H and O–H groups in total. The van der Waals surface area contributed by atoms with E-state index in [1.54, 1.807) is 42.8 Å². The maximum Gasteiger partial charge on any atom is 0.273 e. The highest BCUT2D eigenvalue weighted by Crippen LogP contribution is 2.25. The zero-order chi connectivity index (χ0) is 33.6. The largest absolute Gasteiger partial charge is 0.346 e. The third-order valence-corrected chi connectivity index (χ3v) is 9.77. The van der Waals surface area contributed by atoms with Crippen LogP contribution in [0.15, 0.2) is 89.6 Å². The Bertz CT molecular complexity index is 1930. The van der Waals surface area contributed by atoms with Crippen molar-refractivity contribution in [2.24, 2.45) is 0 Å². The minimum atomic E-state index is -0.692. The van der Waals surface area contributed by atoms with E-state index in [2.05, 4.69) is 30.9 Å². The molecule has 6 rings (SSSR count). The van der Waals surface area contributed by atoms with Gasteiger partial charge in [-0.25, -0.2) is 15.0 Å². The topological polar surface area (TPSA) is 146 Å². The highest BCUT2D eigenvalue weighted by atomic mass is 32.1. The van der Waals surface area contributed by atoms with Crippen LogP contribution in [0.2, 0.25) is 0 Å². The Morgan fingerprint density at radius 1 is 0.792 bits per heavy atom. The van der Waals surface area contributed by atoms with E-state index < -0.39 is 41.8 Å². The second-order valence-corrected chi connectivity index (χ2v) is 13.2. The molecule has 0 aliphatic carbocycles. The van der Waals surface area contributed by atoms with Crippen molar-refractivity contribution >= 4 is 46.3 Å². The Labute approximate surface area is 285 Å². The minimum absolute atomic E-state index is 0.0168. The summed E-state index contributed by atoms with van der Waals surface area (Å²) in [5, 5.41) is 13.4. The molecule has 4 amide bonds. The van der Waals surface area contributed by atoms with Crippen molar-refractivity contribution in [3.63, 3.8) is 0 Å². The SMILES string of the molecule is Cc1cccc(C(=O)N2CC(=O)N[C@@H](C)c3nc(cs3)C(=O)N[C@H](Cc3ccccc3)c3nc(cs3)C(=O)N[C@H](c3ccccc3)C2)n1. The molecule has 0 spiro atoms. The number of carbonyl (C=O) groups is 4. The first-order valence-electron chi connectivity index (χ1n) is 15.4. The molecule has 0 radical (unpaired) electrons. The number of pyridine rings is 1. The second-order valence-electron chi connectivity index (χ2n) is 11.4. The van der Waals surface area contributed by atoms with E-state index >= 15 is 0 Å². The zero-order valence-corrected chi connectivity index (χ0v) is 27.9. The average Bonchev–Trinajstić information content (AvgIpc) is 3.79. The number of nitrogens with zero attached hydrogens (tertiary/aromatic N) is 4. The molecule has 13 heteroatoms. The van der Waals surface area contributed by atoms with Crippen LogP contribution in [-0.4, -0.2) is 56.6 Å². The molecule has 5 aromatic rings. The van der Waals surface area contributed by atoms with Gasteiger partial charge in [0.1, 0.15) is 27.1 Å². The van der Waals surface area contributed by atoms with Gasteiger partial charge in [-0.1, -0.05) is 66.7 Å². The van der Waals surface area contributed by atoms with Crippen LogP contribution in [0.1, 0.15) is 83.4 Å². The lowest BCUT2D eigenvalue weighted by atomic mass is 10.1. The Hall–Kier alpha value is -5.27. The summed E-state index contributed by atoms with van der Waals surface area (Å²) < 4.78 is 0. The molecule has 244 valence electrons. The molecule has 1 aliphatic rings. The summed E-state index contributed by atoms with van der Waals surface area (Å²) in [5.74, 6) is -1.75. The van der Waals surface area contributed by atoms with Gasteiger partial charge in [-0.2, -0.15) is 0 Å². The maximum absolute atomic E-state index is 13.9. The van der Waals surface area contributed by atoms with Crippen molar-refractivity contribution in [3.8, 4) is 0 Å². The van der Waals surface area contributed by atoms with Gasteiger partial charge >= 0.3 is 0 Å². The molecule has 2 aromatic carbocycles. The number of hydrogen-bond donors (Lipinski definition) is 3. The first-order chi connectivity index (χ1) is 23.2. The maximum atomic E-state index is 13.9. The van der Waals surface area contributed by atoms with Crippen LogP contribution in [0.3, 0.4) is 0 Å². The molecule has 3 atom stereocenters. The lowest BCUT2D eigenvalue weighted by molar-refractivity contribution is -0.122. The summed E-state index contributed by atoms with van der Waals surface area (Å²) in [4.78, 5) is 69.6. The molecule has 4 heterocycles. The molecular formula is C35H33N7O4S2. The molecule has 0 unspecified atom stereocenters. The van der Waals surface area contributed by atoms with Gasteiger partial charge in [0.05, 0.1) is 24.7 Å². The molecule has 0 saturated heterocycles. The van der Waals surface area contributed by atoms with Gasteiger partial charge in [0, 0.05) is 23.0 Å². The first-order valence-corrected chi connectivity index (χ1v) is 17.1. The Balaban J connectivity index is 1.39. The highest BCUT2D eigenvalue weighted by molar-refractivity contribution is 7.10. The van der Waals surface area contributed by atoms with Crippen LogP contribution in [0.4, 0.5) is 0 Å². The van der Waals surface area contributed by atoms with Crippen molar-refractivity contribution in [2.75, 3.05) is 13.1 Å². The number of carbonyl (C=O) groups excluding carboxylic acids is 4. The van der Waals surface area contributed by atoms with E-state index in [4.69, 9.17) is 0 Å². The minimum Gasteiger partial charge on any atom is -0.346 e. The van der Waals surface area contributed by atoms with Crippen LogP contribution in [-0.2, 0) is 11.2 Å². The monoisotopic (exact) mass is 679 g/mol. The molecule has 48 heavy (non-hydrogen) atoms. The van der Waals surface area contributed by atoms with Crippen molar-refractivity contribution < 1.29 is 19.2 Å². The summed E-state index contributed by atoms with van der Waals surface area (Å²) in [7, 11) is 0. The summed E-state index contributed by atoms with van der Waals surface area (Å²) in [5.41, 5.74) is 2.94. The highest BCUT2D eigenvalue weighted by Gasteiger charge is 2.29. The van der Waals surface area contributed by atoms with Gasteiger partial charge in [-0.05, 0) is 43.5 Å². The lowest BCUT2D eigenvalue weighted by Gasteiger charge is -2.28. The molecule has 0 saturated carbocycles. The number of thiazole rings is 2. The number of aryl methyl sites for hydroxylation is 1. The second kappa shape index (κ2) is 14.7. The molecule has 0 fully saturated rings. The predicted molar refractivity (Wildman–Crippen MR) is 183 cm³/mol. The number of amides is 4. The molecule has 11 nitrogen and oxygen atoms in total. The fourth-order valence-electron chi connectivity index (χ4n) is 5.36. The number of aromatic nitrogens is 3. The van der Waals surface area contributed by atoms with Crippen molar-refractivity contribution in [2.45, 2.75) is 38.4 Å². The lowest BCUT2D eigenvalue weighted by Crippen LogP contribution is -2.46. The van der Waals surface area contributed by atoms with Crippen LogP contribution in [0.25, 0.3) is 0 Å². The van der Waals surface area contributed by atoms with E-state index in [0.29, 0.717) is 22.1 Å². The van der Waals surface area contributed by atoms with Crippen LogP contribution < -0.4 is 16.0 Å². The van der Waals surface area contributed by atoms with Crippen molar-refractivity contribution in [3.05, 3.63) is 134 Å². The van der Waals surface area contributed by atoms with E-state index in [-0.39, 0.29) is 30.2 Å². The van der Waals surface area contributed by atoms with Gasteiger partial charge in [-0.15, -0.1) is 22.7 Å². The Morgan fingerprint density at radius 3 is 2.15 bits per heavy atom. The third kappa shape index (κ3) is 7.81. The smallest absolute Gasteiger partial charge is 0.273 e. The van der Waals surface area contributed by atoms with Gasteiger partial charge in [0.15, 0.2) is 0 Å². The van der Waals surface area contributed by atoms with Crippen LogP contribution in [0.5, 0.6) is 0 Å². The fourth-order valence-corrected chi connectivity index (χ4v) is 7.02. The van der Waals surface area contributed by atoms with Crippen molar-refractivity contribution in [1.29, 1.82) is 0 Å². The zero-order valence-electron chi connectivity index (χ0n) is 26.3. The molecule has 4 bridgehead atoms. The quantitative estimate of drug-likeness (QED) is 0.247. The number of benzene rings is 2. The number of fused-ring (bicyclic) bond motifs is 4. The molecule has 3 aromatic heterocycles. The summed E-state index contributed by atoms with van der Waals surface area (Å²) in [6, 6.07) is 22.3. The predicted octanol–water partition coefficient (Wildman–Crippen LogP) is 4.82.